The fourth-order valence-electron chi connectivity index (χ4n) is 3.12. The zero-order chi connectivity index (χ0) is 26.8. The Labute approximate surface area is 200 Å². The molecule has 2 amide bonds. The molecular formula is C22H28BF3NO8-. The van der Waals surface area contributed by atoms with Crippen LogP contribution in [0.1, 0.15) is 59.9 Å². The van der Waals surface area contributed by atoms with E-state index in [0.29, 0.717) is 6.07 Å². The number of hydrogen-bond acceptors (Lipinski definition) is 8. The summed E-state index contributed by atoms with van der Waals surface area (Å²) in [5.74, 6) is -2.20. The van der Waals surface area contributed by atoms with E-state index in [-0.39, 0.29) is 31.4 Å². The molecule has 1 aliphatic rings. The Bertz CT molecular complexity index is 996. The molecule has 0 radical (unpaired) electrons. The van der Waals surface area contributed by atoms with E-state index in [1.54, 1.807) is 20.8 Å². The number of carbonyl (C=O) groups excluding carboxylic acids is 4. The van der Waals surface area contributed by atoms with Crippen LogP contribution >= 0.6 is 0 Å². The van der Waals surface area contributed by atoms with Crippen molar-refractivity contribution in [3.8, 4) is 11.5 Å². The normalized spacial score (nSPS) is 14.7. The minimum absolute atomic E-state index is 0.00936. The highest BCUT2D eigenvalue weighted by Crippen LogP contribution is 2.32. The molecule has 0 saturated carbocycles. The molecule has 1 heterocycles. The smallest absolute Gasteiger partial charge is 0.445 e. The van der Waals surface area contributed by atoms with Crippen LogP contribution in [0, 0.1) is 0 Å². The predicted molar refractivity (Wildman–Crippen MR) is 119 cm³/mol. The van der Waals surface area contributed by atoms with Gasteiger partial charge in [-0.15, -0.1) is 5.46 Å². The first-order valence-corrected chi connectivity index (χ1v) is 10.9. The Kier molecular flexibility index (Phi) is 8.13. The van der Waals surface area contributed by atoms with Gasteiger partial charge < -0.3 is 31.9 Å². The zero-order valence-corrected chi connectivity index (χ0v) is 20.4. The number of carbonyl (C=O) groups is 4. The van der Waals surface area contributed by atoms with Crippen molar-refractivity contribution in [1.29, 1.82) is 0 Å². The second-order valence-electron chi connectivity index (χ2n) is 9.89. The summed E-state index contributed by atoms with van der Waals surface area (Å²) in [4.78, 5) is 48.9. The SMILES string of the molecule is CC(C)(C)OC(=O)Oc1cc(CCN2C(=O)CCC2=O)c([B-](F)(F)F)cc1OC(=O)OC(C)(C)C. The van der Waals surface area contributed by atoms with E-state index in [0.717, 1.165) is 11.0 Å². The van der Waals surface area contributed by atoms with Crippen LogP contribution in [-0.4, -0.2) is 53.7 Å². The van der Waals surface area contributed by atoms with Crippen molar-refractivity contribution in [2.24, 2.45) is 0 Å². The number of rotatable bonds is 6. The van der Waals surface area contributed by atoms with Gasteiger partial charge in [-0.1, -0.05) is 5.56 Å². The summed E-state index contributed by atoms with van der Waals surface area (Å²) in [6.45, 7) is 3.32. The highest BCUT2D eigenvalue weighted by molar-refractivity contribution is 6.74. The number of likely N-dealkylation sites (tertiary alicyclic amines) is 1. The summed E-state index contributed by atoms with van der Waals surface area (Å²) >= 11 is 0. The van der Waals surface area contributed by atoms with E-state index in [9.17, 15) is 32.1 Å². The standard InChI is InChI=1S/C22H28BF3NO8/c1-21(2,3)34-19(30)32-15-11-13(9-10-27-17(28)7-8-18(27)29)14(23(24,25)26)12-16(15)33-20(31)35-22(4,5)6/h11-12H,7-10H2,1-6H3/q-1. The molecule has 13 heteroatoms. The number of nitrogens with zero attached hydrogens (tertiary/aromatic N) is 1. The van der Waals surface area contributed by atoms with Crippen LogP contribution in [0.5, 0.6) is 11.5 Å². The summed E-state index contributed by atoms with van der Waals surface area (Å²) in [6, 6.07) is 1.39. The van der Waals surface area contributed by atoms with E-state index in [2.05, 4.69) is 0 Å². The Hall–Kier alpha value is -3.25. The van der Waals surface area contributed by atoms with Gasteiger partial charge in [0.15, 0.2) is 11.5 Å². The number of halogens is 3. The van der Waals surface area contributed by atoms with Gasteiger partial charge in [-0.25, -0.2) is 9.59 Å². The maximum atomic E-state index is 13.9. The zero-order valence-electron chi connectivity index (χ0n) is 20.4. The molecule has 0 aliphatic carbocycles. The Morgan fingerprint density at radius 1 is 0.857 bits per heavy atom. The van der Waals surface area contributed by atoms with Gasteiger partial charge in [0.1, 0.15) is 11.2 Å². The molecule has 0 N–H and O–H groups in total. The third-order valence-corrected chi connectivity index (χ3v) is 4.48. The summed E-state index contributed by atoms with van der Waals surface area (Å²) in [7, 11) is 0. The van der Waals surface area contributed by atoms with Crippen LogP contribution in [0.15, 0.2) is 12.1 Å². The van der Waals surface area contributed by atoms with E-state index in [4.69, 9.17) is 18.9 Å². The van der Waals surface area contributed by atoms with E-state index < -0.39 is 59.3 Å². The predicted octanol–water partition coefficient (Wildman–Crippen LogP) is 4.06. The summed E-state index contributed by atoms with van der Waals surface area (Å²) in [5.41, 5.74) is -3.48. The van der Waals surface area contributed by atoms with Crippen molar-refractivity contribution in [2.75, 3.05) is 6.54 Å². The molecule has 0 bridgehead atoms. The Morgan fingerprint density at radius 2 is 1.29 bits per heavy atom. The molecule has 2 rings (SSSR count). The quantitative estimate of drug-likeness (QED) is 0.248. The fourth-order valence-corrected chi connectivity index (χ4v) is 3.12. The molecule has 1 aromatic carbocycles. The minimum atomic E-state index is -5.62. The van der Waals surface area contributed by atoms with Crippen molar-refractivity contribution in [3.05, 3.63) is 17.7 Å². The van der Waals surface area contributed by atoms with Gasteiger partial charge in [0.2, 0.25) is 11.8 Å². The van der Waals surface area contributed by atoms with Crippen molar-refractivity contribution in [1.82, 2.24) is 4.90 Å². The van der Waals surface area contributed by atoms with Crippen molar-refractivity contribution >= 4 is 36.6 Å². The van der Waals surface area contributed by atoms with Gasteiger partial charge in [-0.2, -0.15) is 0 Å². The number of ether oxygens (including phenoxy) is 4. The molecule has 1 fully saturated rings. The molecule has 0 atom stereocenters. The summed E-state index contributed by atoms with van der Waals surface area (Å²) in [6.07, 6.45) is -2.94. The highest BCUT2D eigenvalue weighted by Gasteiger charge is 2.34. The highest BCUT2D eigenvalue weighted by atomic mass is 19.4. The molecule has 35 heavy (non-hydrogen) atoms. The molecule has 9 nitrogen and oxygen atoms in total. The molecule has 0 spiro atoms. The molecule has 1 aromatic rings. The van der Waals surface area contributed by atoms with Crippen LogP contribution in [0.4, 0.5) is 22.5 Å². The second-order valence-corrected chi connectivity index (χ2v) is 9.89. The van der Waals surface area contributed by atoms with Crippen LogP contribution < -0.4 is 14.9 Å². The lowest BCUT2D eigenvalue weighted by atomic mass is 9.75. The number of amides is 2. The van der Waals surface area contributed by atoms with Gasteiger partial charge in [0.05, 0.1) is 0 Å². The van der Waals surface area contributed by atoms with Gasteiger partial charge in [-0.3, -0.25) is 14.5 Å². The van der Waals surface area contributed by atoms with Crippen molar-refractivity contribution < 1.29 is 51.1 Å². The van der Waals surface area contributed by atoms with Crippen LogP contribution in [0.2, 0.25) is 0 Å². The van der Waals surface area contributed by atoms with Crippen molar-refractivity contribution in [2.45, 2.75) is 72.0 Å². The number of imide groups is 1. The Balaban J connectivity index is 2.47. The van der Waals surface area contributed by atoms with Crippen molar-refractivity contribution in [3.63, 3.8) is 0 Å². The first-order chi connectivity index (χ1) is 15.9. The number of benzene rings is 1. The first-order valence-electron chi connectivity index (χ1n) is 10.9. The second kappa shape index (κ2) is 10.2. The average Bonchev–Trinajstić information content (AvgIpc) is 2.95. The summed E-state index contributed by atoms with van der Waals surface area (Å²) in [5, 5.41) is 0. The van der Waals surface area contributed by atoms with E-state index in [1.807, 2.05) is 0 Å². The minimum Gasteiger partial charge on any atom is -0.445 e. The average molecular weight is 502 g/mol. The van der Waals surface area contributed by atoms with Gasteiger partial charge >= 0.3 is 19.3 Å². The molecule has 1 saturated heterocycles. The number of hydrogen-bond donors (Lipinski definition) is 0. The largest absolute Gasteiger partial charge is 0.514 e. The Morgan fingerprint density at radius 3 is 1.69 bits per heavy atom. The first kappa shape index (κ1) is 28.0. The third kappa shape index (κ3) is 8.48. The van der Waals surface area contributed by atoms with E-state index >= 15 is 0 Å². The van der Waals surface area contributed by atoms with Gasteiger partial charge in [0, 0.05) is 19.4 Å². The maximum Gasteiger partial charge on any atom is 0.514 e. The topological polar surface area (TPSA) is 108 Å². The van der Waals surface area contributed by atoms with Crippen LogP contribution in [0.3, 0.4) is 0 Å². The lowest BCUT2D eigenvalue weighted by molar-refractivity contribution is -0.138. The molecule has 194 valence electrons. The molecule has 1 aliphatic heterocycles. The maximum absolute atomic E-state index is 13.9. The fraction of sp³-hybridized carbons (Fsp3) is 0.545. The molecular weight excluding hydrogens is 474 g/mol. The van der Waals surface area contributed by atoms with Crippen LogP contribution in [0.25, 0.3) is 0 Å². The summed E-state index contributed by atoms with van der Waals surface area (Å²) < 4.78 is 61.8. The molecule has 0 aromatic heterocycles. The lowest BCUT2D eigenvalue weighted by Crippen LogP contribution is -2.39. The van der Waals surface area contributed by atoms with E-state index in [1.165, 1.54) is 20.8 Å². The third-order valence-electron chi connectivity index (χ3n) is 4.48. The monoisotopic (exact) mass is 502 g/mol. The van der Waals surface area contributed by atoms with Gasteiger partial charge in [0.25, 0.3) is 0 Å². The lowest BCUT2D eigenvalue weighted by Gasteiger charge is -2.25. The molecule has 0 unspecified atom stereocenters. The van der Waals surface area contributed by atoms with Gasteiger partial charge in [-0.05, 0) is 60.1 Å². The van der Waals surface area contributed by atoms with Crippen LogP contribution in [-0.2, 0) is 25.5 Å².